The number of carbonyl (C=O) groups excluding carboxylic acids is 1. The van der Waals surface area contributed by atoms with Gasteiger partial charge in [-0.1, -0.05) is 6.92 Å². The molecule has 0 bridgehead atoms. The number of Topliss-reactive ketones (excluding diaryl/α,β-unsaturated/α-hetero) is 1. The zero-order chi connectivity index (χ0) is 22.7. The lowest BCUT2D eigenvalue weighted by Crippen LogP contribution is -2.56. The average molecular weight is 440 g/mol. The van der Waals surface area contributed by atoms with Gasteiger partial charge in [-0.05, 0) is 93.3 Å². The highest BCUT2D eigenvalue weighted by molar-refractivity contribution is 5.82. The van der Waals surface area contributed by atoms with Crippen LogP contribution >= 0.6 is 0 Å². The summed E-state index contributed by atoms with van der Waals surface area (Å²) in [6, 6.07) is 2.09. The van der Waals surface area contributed by atoms with E-state index in [1.54, 1.807) is 10.9 Å². The van der Waals surface area contributed by atoms with Crippen molar-refractivity contribution in [3.05, 3.63) is 18.0 Å². The molecule has 4 aliphatic rings. The first-order chi connectivity index (χ1) is 15.3. The molecule has 32 heavy (non-hydrogen) atoms. The van der Waals surface area contributed by atoms with Crippen molar-refractivity contribution in [2.45, 2.75) is 83.5 Å². The minimum absolute atomic E-state index is 0.0306. The number of hydrogen-bond acceptors (Lipinski definition) is 5. The molecule has 1 heterocycles. The van der Waals surface area contributed by atoms with Crippen molar-refractivity contribution in [1.82, 2.24) is 9.78 Å². The summed E-state index contributed by atoms with van der Waals surface area (Å²) in [6.45, 7) is 4.60. The molecule has 0 aromatic carbocycles. The summed E-state index contributed by atoms with van der Waals surface area (Å²) in [5.41, 5.74) is -0.0452. The average Bonchev–Trinajstić information content (AvgIpc) is 3.35. The molecule has 6 heteroatoms. The summed E-state index contributed by atoms with van der Waals surface area (Å²) in [5, 5.41) is 23.9. The fourth-order valence-electron chi connectivity index (χ4n) is 8.67. The first-order valence-corrected chi connectivity index (χ1v) is 12.5. The lowest BCUT2D eigenvalue weighted by Gasteiger charge is -2.59. The Morgan fingerprint density at radius 2 is 2.06 bits per heavy atom. The second kappa shape index (κ2) is 7.95. The van der Waals surface area contributed by atoms with E-state index in [1.807, 2.05) is 14.0 Å². The number of aliphatic hydroxyl groups is 1. The largest absolute Gasteiger partial charge is 0.390 e. The lowest BCUT2D eigenvalue weighted by atomic mass is 9.48. The third-order valence-corrected chi connectivity index (χ3v) is 9.95. The van der Waals surface area contributed by atoms with Crippen molar-refractivity contribution in [2.75, 3.05) is 7.11 Å². The van der Waals surface area contributed by atoms with Crippen LogP contribution in [0.15, 0.2) is 12.4 Å². The zero-order valence-corrected chi connectivity index (χ0v) is 19.7. The molecule has 0 unspecified atom stereocenters. The van der Waals surface area contributed by atoms with Crippen LogP contribution in [-0.2, 0) is 16.1 Å². The van der Waals surface area contributed by atoms with Crippen LogP contribution < -0.4 is 0 Å². The maximum Gasteiger partial charge on any atom is 0.157 e. The zero-order valence-electron chi connectivity index (χ0n) is 19.7. The molecule has 0 spiro atoms. The molecule has 6 nitrogen and oxygen atoms in total. The van der Waals surface area contributed by atoms with Gasteiger partial charge in [-0.3, -0.25) is 9.48 Å². The molecule has 174 valence electrons. The predicted molar refractivity (Wildman–Crippen MR) is 119 cm³/mol. The van der Waals surface area contributed by atoms with Gasteiger partial charge >= 0.3 is 0 Å². The van der Waals surface area contributed by atoms with Gasteiger partial charge in [0, 0.05) is 19.2 Å². The highest BCUT2D eigenvalue weighted by atomic mass is 16.5. The molecule has 0 amide bonds. The molecule has 1 aromatic heterocycles. The monoisotopic (exact) mass is 439 g/mol. The van der Waals surface area contributed by atoms with Gasteiger partial charge in [-0.15, -0.1) is 0 Å². The molecule has 0 radical (unpaired) electrons. The van der Waals surface area contributed by atoms with Crippen LogP contribution in [0.1, 0.15) is 70.8 Å². The predicted octanol–water partition coefficient (Wildman–Crippen LogP) is 3.97. The van der Waals surface area contributed by atoms with Crippen molar-refractivity contribution in [1.29, 1.82) is 5.26 Å². The maximum atomic E-state index is 13.4. The van der Waals surface area contributed by atoms with Crippen LogP contribution in [-0.4, -0.2) is 39.5 Å². The Hall–Kier alpha value is -1.71. The minimum Gasteiger partial charge on any atom is -0.390 e. The van der Waals surface area contributed by atoms with E-state index in [4.69, 9.17) is 10.00 Å². The number of hydrogen-bond donors (Lipinski definition) is 1. The molecular weight excluding hydrogens is 402 g/mol. The summed E-state index contributed by atoms with van der Waals surface area (Å²) < 4.78 is 7.79. The topological polar surface area (TPSA) is 88.1 Å². The van der Waals surface area contributed by atoms with E-state index >= 15 is 0 Å². The van der Waals surface area contributed by atoms with Crippen molar-refractivity contribution in [2.24, 2.45) is 40.9 Å². The molecule has 1 N–H and O–H groups in total. The van der Waals surface area contributed by atoms with E-state index in [-0.39, 0.29) is 29.8 Å². The normalized spacial score (nSPS) is 45.4. The third-order valence-electron chi connectivity index (χ3n) is 9.95. The smallest absolute Gasteiger partial charge is 0.157 e. The lowest BCUT2D eigenvalue weighted by molar-refractivity contribution is -0.162. The van der Waals surface area contributed by atoms with Gasteiger partial charge in [0.25, 0.3) is 0 Å². The van der Waals surface area contributed by atoms with E-state index in [9.17, 15) is 9.90 Å². The van der Waals surface area contributed by atoms with Crippen LogP contribution in [0.25, 0.3) is 0 Å². The van der Waals surface area contributed by atoms with Crippen LogP contribution in [0, 0.1) is 52.3 Å². The standard InChI is InChI=1S/C26H37N3O3/c1-25(31)9-8-18-17(10-25)4-5-19-20-6-7-21(26(20,2)11-23(32-3)24(18)19)22(30)15-29-14-16(12-27)13-28-29/h13-14,17-21,23-24,31H,4-11,15H2,1-3H3/t17-,18+,19+,20+,21-,23-,24-,25-,26+/m1/s1. The van der Waals surface area contributed by atoms with Gasteiger partial charge < -0.3 is 9.84 Å². The Labute approximate surface area is 191 Å². The van der Waals surface area contributed by atoms with Crippen LogP contribution in [0.3, 0.4) is 0 Å². The van der Waals surface area contributed by atoms with E-state index in [1.165, 1.54) is 19.0 Å². The number of aromatic nitrogens is 2. The van der Waals surface area contributed by atoms with Gasteiger partial charge in [0.05, 0.1) is 30.0 Å². The molecule has 4 fully saturated rings. The highest BCUT2D eigenvalue weighted by Gasteiger charge is 2.61. The fourth-order valence-corrected chi connectivity index (χ4v) is 8.67. The molecular formula is C26H37N3O3. The number of ketones is 1. The van der Waals surface area contributed by atoms with Gasteiger partial charge in [0.1, 0.15) is 6.07 Å². The Morgan fingerprint density at radius 1 is 1.25 bits per heavy atom. The number of nitrogens with zero attached hydrogens (tertiary/aromatic N) is 3. The van der Waals surface area contributed by atoms with E-state index in [0.717, 1.165) is 38.5 Å². The molecule has 4 aliphatic carbocycles. The van der Waals surface area contributed by atoms with Crippen molar-refractivity contribution >= 4 is 5.78 Å². The summed E-state index contributed by atoms with van der Waals surface area (Å²) in [6.07, 6.45) is 11.7. The second-order valence-electron chi connectivity index (χ2n) is 11.7. The van der Waals surface area contributed by atoms with Crippen LogP contribution in [0.4, 0.5) is 0 Å². The van der Waals surface area contributed by atoms with Crippen LogP contribution in [0.2, 0.25) is 0 Å². The van der Waals surface area contributed by atoms with Crippen molar-refractivity contribution in [3.63, 3.8) is 0 Å². The summed E-state index contributed by atoms with van der Waals surface area (Å²) in [4.78, 5) is 13.4. The van der Waals surface area contributed by atoms with E-state index in [0.29, 0.717) is 35.2 Å². The molecule has 0 aliphatic heterocycles. The number of fused-ring (bicyclic) bond motifs is 5. The van der Waals surface area contributed by atoms with Gasteiger partial charge in [-0.25, -0.2) is 0 Å². The fraction of sp³-hybridized carbons (Fsp3) is 0.808. The number of carbonyl (C=O) groups is 1. The number of rotatable bonds is 4. The van der Waals surface area contributed by atoms with Gasteiger partial charge in [0.2, 0.25) is 0 Å². The first-order valence-electron chi connectivity index (χ1n) is 12.5. The Morgan fingerprint density at radius 3 is 2.78 bits per heavy atom. The quantitative estimate of drug-likeness (QED) is 0.767. The van der Waals surface area contributed by atoms with Gasteiger partial charge in [-0.2, -0.15) is 10.4 Å². The first kappa shape index (κ1) is 22.1. The molecule has 0 saturated heterocycles. The SMILES string of the molecule is CO[C@@H]1C[C@]2(C)[C@@H](C(=O)Cn3cc(C#N)cn3)CC[C@H]2[C@@H]2CC[C@@H]3C[C@](C)(O)CC[C@@H]3[C@H]21. The van der Waals surface area contributed by atoms with E-state index < -0.39 is 5.60 Å². The van der Waals surface area contributed by atoms with Crippen molar-refractivity contribution < 1.29 is 14.6 Å². The molecule has 4 saturated carbocycles. The minimum atomic E-state index is -0.511. The maximum absolute atomic E-state index is 13.4. The Bertz CT molecular complexity index is 918. The Kier molecular flexibility index (Phi) is 5.49. The number of methoxy groups -OCH3 is 1. The highest BCUT2D eigenvalue weighted by Crippen LogP contribution is 2.65. The van der Waals surface area contributed by atoms with E-state index in [2.05, 4.69) is 18.1 Å². The third kappa shape index (κ3) is 3.53. The summed E-state index contributed by atoms with van der Waals surface area (Å²) in [7, 11) is 1.85. The molecule has 9 atom stereocenters. The molecule has 5 rings (SSSR count). The Balaban J connectivity index is 1.37. The number of ether oxygens (including phenoxy) is 1. The van der Waals surface area contributed by atoms with Crippen LogP contribution in [0.5, 0.6) is 0 Å². The number of nitriles is 1. The molecule has 1 aromatic rings. The van der Waals surface area contributed by atoms with Crippen molar-refractivity contribution in [3.8, 4) is 6.07 Å². The van der Waals surface area contributed by atoms with Gasteiger partial charge in [0.15, 0.2) is 5.78 Å². The summed E-state index contributed by atoms with van der Waals surface area (Å²) >= 11 is 0. The summed E-state index contributed by atoms with van der Waals surface area (Å²) in [5.74, 6) is 3.29. The second-order valence-corrected chi connectivity index (χ2v) is 11.7.